The minimum atomic E-state index is -0.116. The predicted octanol–water partition coefficient (Wildman–Crippen LogP) is 2.83. The van der Waals surface area contributed by atoms with Gasteiger partial charge in [0.2, 0.25) is 11.8 Å². The SMILES string of the molecule is Cn1cccc1C1CCCCCN1C(=O)CNC(=O)Cc1ccccc1. The average Bonchev–Trinajstić information content (AvgIpc) is 2.92. The normalized spacial score (nSPS) is 17.6. The Bertz CT molecular complexity index is 739. The zero-order valence-corrected chi connectivity index (χ0v) is 15.4. The molecule has 1 aliphatic heterocycles. The number of nitrogens with one attached hydrogen (secondary N) is 1. The van der Waals surface area contributed by atoms with Gasteiger partial charge in [-0.25, -0.2) is 0 Å². The van der Waals surface area contributed by atoms with Crippen LogP contribution in [0.3, 0.4) is 0 Å². The second-order valence-electron chi connectivity index (χ2n) is 6.94. The monoisotopic (exact) mass is 353 g/mol. The van der Waals surface area contributed by atoms with Crippen molar-refractivity contribution >= 4 is 11.8 Å². The lowest BCUT2D eigenvalue weighted by Gasteiger charge is -2.30. The zero-order valence-electron chi connectivity index (χ0n) is 15.4. The number of aryl methyl sites for hydroxylation is 1. The molecular weight excluding hydrogens is 326 g/mol. The average molecular weight is 353 g/mol. The van der Waals surface area contributed by atoms with Gasteiger partial charge in [0.15, 0.2) is 0 Å². The summed E-state index contributed by atoms with van der Waals surface area (Å²) in [4.78, 5) is 26.9. The van der Waals surface area contributed by atoms with Gasteiger partial charge in [-0.3, -0.25) is 9.59 Å². The first-order chi connectivity index (χ1) is 12.6. The van der Waals surface area contributed by atoms with Gasteiger partial charge in [0.1, 0.15) is 0 Å². The molecule has 2 heterocycles. The van der Waals surface area contributed by atoms with Gasteiger partial charge in [0, 0.05) is 25.5 Å². The summed E-state index contributed by atoms with van der Waals surface area (Å²) in [5.41, 5.74) is 2.12. The van der Waals surface area contributed by atoms with E-state index in [9.17, 15) is 9.59 Å². The highest BCUT2D eigenvalue weighted by Crippen LogP contribution is 2.30. The van der Waals surface area contributed by atoms with E-state index in [2.05, 4.69) is 16.0 Å². The van der Waals surface area contributed by atoms with Gasteiger partial charge in [-0.2, -0.15) is 0 Å². The quantitative estimate of drug-likeness (QED) is 0.899. The number of rotatable bonds is 5. The van der Waals surface area contributed by atoms with Crippen molar-refractivity contribution in [1.29, 1.82) is 0 Å². The highest BCUT2D eigenvalue weighted by molar-refractivity contribution is 5.86. The highest BCUT2D eigenvalue weighted by atomic mass is 16.2. The fraction of sp³-hybridized carbons (Fsp3) is 0.429. The topological polar surface area (TPSA) is 54.3 Å². The molecule has 1 unspecified atom stereocenters. The molecule has 3 rings (SSSR count). The Kier molecular flexibility index (Phi) is 6.10. The summed E-state index contributed by atoms with van der Waals surface area (Å²) in [5.74, 6) is -0.116. The molecule has 0 bridgehead atoms. The number of likely N-dealkylation sites (tertiary alicyclic amines) is 1. The number of hydrogen-bond donors (Lipinski definition) is 1. The largest absolute Gasteiger partial charge is 0.353 e. The van der Waals surface area contributed by atoms with Crippen LogP contribution in [-0.4, -0.2) is 34.4 Å². The number of nitrogens with zero attached hydrogens (tertiary/aromatic N) is 2. The summed E-state index contributed by atoms with van der Waals surface area (Å²) in [6.45, 7) is 0.815. The molecule has 5 nitrogen and oxygen atoms in total. The van der Waals surface area contributed by atoms with Crippen molar-refractivity contribution in [2.45, 2.75) is 38.1 Å². The number of amides is 2. The van der Waals surface area contributed by atoms with Crippen molar-refractivity contribution in [2.24, 2.45) is 7.05 Å². The van der Waals surface area contributed by atoms with Crippen LogP contribution in [0.25, 0.3) is 0 Å². The Balaban J connectivity index is 1.61. The summed E-state index contributed by atoms with van der Waals surface area (Å²) >= 11 is 0. The van der Waals surface area contributed by atoms with Crippen LogP contribution in [0.1, 0.15) is 43.0 Å². The van der Waals surface area contributed by atoms with Crippen molar-refractivity contribution in [3.63, 3.8) is 0 Å². The van der Waals surface area contributed by atoms with E-state index < -0.39 is 0 Å². The third-order valence-electron chi connectivity index (χ3n) is 5.04. The summed E-state index contributed by atoms with van der Waals surface area (Å²) in [6.07, 6.45) is 6.58. The lowest BCUT2D eigenvalue weighted by Crippen LogP contribution is -2.42. The molecule has 1 fully saturated rings. The fourth-order valence-electron chi connectivity index (χ4n) is 3.65. The summed E-state index contributed by atoms with van der Waals surface area (Å²) < 4.78 is 2.09. The van der Waals surface area contributed by atoms with Crippen LogP contribution in [0.4, 0.5) is 0 Å². The molecule has 0 aliphatic carbocycles. The van der Waals surface area contributed by atoms with E-state index in [1.54, 1.807) is 0 Å². The van der Waals surface area contributed by atoms with Crippen molar-refractivity contribution < 1.29 is 9.59 Å². The van der Waals surface area contributed by atoms with Crippen molar-refractivity contribution in [3.8, 4) is 0 Å². The highest BCUT2D eigenvalue weighted by Gasteiger charge is 2.28. The third kappa shape index (κ3) is 4.54. The number of carbonyl (C=O) groups excluding carboxylic acids is 2. The molecule has 5 heteroatoms. The van der Waals surface area contributed by atoms with Crippen LogP contribution < -0.4 is 5.32 Å². The number of aromatic nitrogens is 1. The minimum absolute atomic E-state index is 0.000452. The summed E-state index contributed by atoms with van der Waals surface area (Å²) in [7, 11) is 2.02. The second-order valence-corrected chi connectivity index (χ2v) is 6.94. The van der Waals surface area contributed by atoms with Gasteiger partial charge in [0.05, 0.1) is 19.0 Å². The predicted molar refractivity (Wildman–Crippen MR) is 101 cm³/mol. The lowest BCUT2D eigenvalue weighted by molar-refractivity contribution is -0.135. The lowest BCUT2D eigenvalue weighted by atomic mass is 10.1. The Morgan fingerprint density at radius 1 is 1.08 bits per heavy atom. The van der Waals surface area contributed by atoms with Gasteiger partial charge < -0.3 is 14.8 Å². The standard InChI is InChI=1S/C21H27N3O2/c1-23-13-8-12-18(23)19-11-6-3-7-14-24(19)21(26)16-22-20(25)15-17-9-4-2-5-10-17/h2,4-5,8-10,12-13,19H,3,6-7,11,14-16H2,1H3,(H,22,25). The maximum absolute atomic E-state index is 12.8. The molecule has 0 spiro atoms. The zero-order chi connectivity index (χ0) is 18.4. The van der Waals surface area contributed by atoms with Crippen LogP contribution in [0.2, 0.25) is 0 Å². The van der Waals surface area contributed by atoms with E-state index >= 15 is 0 Å². The molecular formula is C21H27N3O2. The van der Waals surface area contributed by atoms with Gasteiger partial charge in [-0.1, -0.05) is 43.2 Å². The second kappa shape index (κ2) is 8.70. The van der Waals surface area contributed by atoms with Crippen LogP contribution in [-0.2, 0) is 23.1 Å². The molecule has 1 aromatic heterocycles. The van der Waals surface area contributed by atoms with E-state index in [0.717, 1.165) is 43.5 Å². The smallest absolute Gasteiger partial charge is 0.242 e. The molecule has 2 aromatic rings. The van der Waals surface area contributed by atoms with Gasteiger partial charge in [-0.15, -0.1) is 0 Å². The van der Waals surface area contributed by atoms with Gasteiger partial charge in [0.25, 0.3) is 0 Å². The first-order valence-electron chi connectivity index (χ1n) is 9.36. The van der Waals surface area contributed by atoms with Gasteiger partial charge >= 0.3 is 0 Å². The van der Waals surface area contributed by atoms with Crippen molar-refractivity contribution in [1.82, 2.24) is 14.8 Å². The molecule has 1 atom stereocenters. The number of carbonyl (C=O) groups is 2. The third-order valence-corrected chi connectivity index (χ3v) is 5.04. The van der Waals surface area contributed by atoms with E-state index in [-0.39, 0.29) is 24.4 Å². The molecule has 2 amide bonds. The first-order valence-corrected chi connectivity index (χ1v) is 9.36. The number of hydrogen-bond acceptors (Lipinski definition) is 2. The molecule has 1 saturated heterocycles. The van der Waals surface area contributed by atoms with Crippen molar-refractivity contribution in [3.05, 3.63) is 59.9 Å². The molecule has 0 saturated carbocycles. The van der Waals surface area contributed by atoms with Crippen molar-refractivity contribution in [2.75, 3.05) is 13.1 Å². The van der Waals surface area contributed by atoms with Crippen LogP contribution in [0.15, 0.2) is 48.7 Å². The molecule has 0 radical (unpaired) electrons. The van der Waals surface area contributed by atoms with E-state index in [1.807, 2.05) is 54.5 Å². The fourth-order valence-corrected chi connectivity index (χ4v) is 3.65. The van der Waals surface area contributed by atoms with E-state index in [0.29, 0.717) is 6.42 Å². The Labute approximate surface area is 155 Å². The maximum Gasteiger partial charge on any atom is 0.242 e. The molecule has 1 aliphatic rings. The maximum atomic E-state index is 12.8. The molecule has 1 N–H and O–H groups in total. The van der Waals surface area contributed by atoms with Gasteiger partial charge in [-0.05, 0) is 30.5 Å². The van der Waals surface area contributed by atoms with Crippen LogP contribution in [0, 0.1) is 0 Å². The first kappa shape index (κ1) is 18.2. The Morgan fingerprint density at radius 2 is 1.88 bits per heavy atom. The van der Waals surface area contributed by atoms with E-state index in [4.69, 9.17) is 0 Å². The van der Waals surface area contributed by atoms with Crippen LogP contribution >= 0.6 is 0 Å². The molecule has 26 heavy (non-hydrogen) atoms. The number of benzene rings is 1. The minimum Gasteiger partial charge on any atom is -0.353 e. The van der Waals surface area contributed by atoms with Crippen LogP contribution in [0.5, 0.6) is 0 Å². The molecule has 1 aromatic carbocycles. The summed E-state index contributed by atoms with van der Waals surface area (Å²) in [6, 6.07) is 13.8. The Morgan fingerprint density at radius 3 is 2.62 bits per heavy atom. The van der Waals surface area contributed by atoms with E-state index in [1.165, 1.54) is 0 Å². The summed E-state index contributed by atoms with van der Waals surface area (Å²) in [5, 5.41) is 2.79. The molecule has 138 valence electrons. The Hall–Kier alpha value is -2.56.